The number of alkyl halides is 3. The van der Waals surface area contributed by atoms with Gasteiger partial charge in [0.2, 0.25) is 9.70 Å². The summed E-state index contributed by atoms with van der Waals surface area (Å²) >= 11 is 17.7. The molecule has 0 spiro atoms. The third-order valence-corrected chi connectivity index (χ3v) is 7.99. The molecule has 1 amide bonds. The molecule has 1 N–H and O–H groups in total. The second-order valence-electron chi connectivity index (χ2n) is 8.11. The van der Waals surface area contributed by atoms with Crippen LogP contribution >= 0.6 is 34.8 Å². The summed E-state index contributed by atoms with van der Waals surface area (Å²) in [7, 11) is -4.29. The SMILES string of the molecule is C#CCCCCNC(=O)C[C@@H](OS(=O)(=O)N1CC1(C)[C@@H]1CC=C(C)C(=O)C1)C(Cl)(Cl)Cl. The Labute approximate surface area is 199 Å². The normalized spacial score (nSPS) is 27.2. The Morgan fingerprint density at radius 1 is 1.45 bits per heavy atom. The van der Waals surface area contributed by atoms with Gasteiger partial charge in [0.1, 0.15) is 6.10 Å². The van der Waals surface area contributed by atoms with Crippen molar-refractivity contribution in [2.24, 2.45) is 5.92 Å². The Bertz CT molecular complexity index is 878. The molecule has 1 saturated heterocycles. The van der Waals surface area contributed by atoms with Crippen LogP contribution in [-0.2, 0) is 24.1 Å². The predicted molar refractivity (Wildman–Crippen MR) is 121 cm³/mol. The fourth-order valence-electron chi connectivity index (χ4n) is 3.52. The van der Waals surface area contributed by atoms with Crippen molar-refractivity contribution in [3.05, 3.63) is 11.6 Å². The lowest BCUT2D eigenvalue weighted by molar-refractivity contribution is -0.122. The van der Waals surface area contributed by atoms with Crippen molar-refractivity contribution >= 4 is 56.8 Å². The summed E-state index contributed by atoms with van der Waals surface area (Å²) in [6.07, 6.45) is 7.93. The van der Waals surface area contributed by atoms with Crippen LogP contribution in [0.4, 0.5) is 0 Å². The number of amides is 1. The summed E-state index contributed by atoms with van der Waals surface area (Å²) in [6, 6.07) is 0. The zero-order chi connectivity index (χ0) is 23.4. The quantitative estimate of drug-likeness (QED) is 0.209. The number of nitrogens with one attached hydrogen (secondary N) is 1. The third kappa shape index (κ3) is 7.08. The van der Waals surface area contributed by atoms with Gasteiger partial charge in [0.05, 0.1) is 12.0 Å². The number of ketones is 1. The number of hydrogen-bond acceptors (Lipinski definition) is 5. The standard InChI is InChI=1S/C20H27Cl3N2O5S/c1-4-5-6-7-10-24-18(27)12-17(20(21,22)23)30-31(28,29)25-13-19(25,3)15-9-8-14(2)16(26)11-15/h1,8,15,17H,5-7,9-13H2,2-3H3,(H,24,27)/t15-,17-,19?,25?/m1/s1. The van der Waals surface area contributed by atoms with Crippen molar-refractivity contribution < 1.29 is 22.2 Å². The van der Waals surface area contributed by atoms with Gasteiger partial charge in [0, 0.05) is 25.9 Å². The molecule has 0 radical (unpaired) electrons. The highest BCUT2D eigenvalue weighted by Gasteiger charge is 2.61. The molecule has 2 unspecified atom stereocenters. The molecular weight excluding hydrogens is 487 g/mol. The maximum atomic E-state index is 12.8. The van der Waals surface area contributed by atoms with Crippen LogP contribution in [0.1, 0.15) is 52.4 Å². The van der Waals surface area contributed by atoms with Gasteiger partial charge in [-0.25, -0.2) is 4.18 Å². The molecule has 1 aliphatic heterocycles. The van der Waals surface area contributed by atoms with E-state index in [2.05, 4.69) is 11.2 Å². The van der Waals surface area contributed by atoms with E-state index >= 15 is 0 Å². The second kappa shape index (κ2) is 10.4. The number of nitrogens with zero attached hydrogens (tertiary/aromatic N) is 1. The van der Waals surface area contributed by atoms with Gasteiger partial charge in [-0.2, -0.15) is 12.7 Å². The van der Waals surface area contributed by atoms with Crippen LogP contribution in [0.25, 0.3) is 0 Å². The van der Waals surface area contributed by atoms with Crippen LogP contribution in [0, 0.1) is 18.3 Å². The van der Waals surface area contributed by atoms with Crippen LogP contribution in [-0.4, -0.2) is 52.9 Å². The largest absolute Gasteiger partial charge is 0.356 e. The number of carbonyl (C=O) groups excluding carboxylic acids is 2. The average molecular weight is 514 g/mol. The van der Waals surface area contributed by atoms with Crippen LogP contribution < -0.4 is 5.32 Å². The van der Waals surface area contributed by atoms with E-state index in [1.54, 1.807) is 13.8 Å². The Kier molecular flexibility index (Phi) is 8.88. The summed E-state index contributed by atoms with van der Waals surface area (Å²) in [6.45, 7) is 4.06. The first-order valence-corrected chi connectivity index (χ1v) is 12.5. The number of hydrogen-bond donors (Lipinski definition) is 1. The minimum atomic E-state index is -4.29. The third-order valence-electron chi connectivity index (χ3n) is 5.70. The van der Waals surface area contributed by atoms with E-state index in [1.807, 2.05) is 6.08 Å². The smallest absolute Gasteiger partial charge is 0.339 e. The van der Waals surface area contributed by atoms with Gasteiger partial charge in [-0.1, -0.05) is 40.9 Å². The van der Waals surface area contributed by atoms with Gasteiger partial charge >= 0.3 is 10.3 Å². The number of terminal acetylenes is 1. The lowest BCUT2D eigenvalue weighted by Crippen LogP contribution is -2.40. The molecule has 1 fully saturated rings. The Hall–Kier alpha value is -0.820. The lowest BCUT2D eigenvalue weighted by atomic mass is 9.81. The van der Waals surface area contributed by atoms with Gasteiger partial charge < -0.3 is 5.32 Å². The monoisotopic (exact) mass is 512 g/mol. The molecule has 2 aliphatic rings. The Balaban J connectivity index is 1.99. The molecule has 0 bridgehead atoms. The molecule has 1 aliphatic carbocycles. The van der Waals surface area contributed by atoms with Crippen molar-refractivity contribution in [2.45, 2.75) is 67.8 Å². The van der Waals surface area contributed by atoms with Gasteiger partial charge in [-0.3, -0.25) is 9.59 Å². The fourth-order valence-corrected chi connectivity index (χ4v) is 5.73. The van der Waals surface area contributed by atoms with Crippen molar-refractivity contribution in [3.8, 4) is 12.3 Å². The maximum Gasteiger partial charge on any atom is 0.339 e. The van der Waals surface area contributed by atoms with Crippen molar-refractivity contribution in [2.75, 3.05) is 13.1 Å². The maximum absolute atomic E-state index is 12.8. The molecule has 174 valence electrons. The second-order valence-corrected chi connectivity index (χ2v) is 12.0. The molecule has 1 heterocycles. The van der Waals surface area contributed by atoms with Crippen LogP contribution in [0.3, 0.4) is 0 Å². The number of carbonyl (C=O) groups is 2. The summed E-state index contributed by atoms with van der Waals surface area (Å²) < 4.78 is 29.9. The number of allylic oxidation sites excluding steroid dienone is 2. The van der Waals surface area contributed by atoms with E-state index in [0.29, 0.717) is 31.4 Å². The molecule has 7 nitrogen and oxygen atoms in total. The van der Waals surface area contributed by atoms with E-state index in [0.717, 1.165) is 10.7 Å². The fraction of sp³-hybridized carbons (Fsp3) is 0.700. The molecule has 0 aromatic rings. The zero-order valence-electron chi connectivity index (χ0n) is 17.5. The molecule has 0 aromatic heterocycles. The molecule has 2 rings (SSSR count). The summed E-state index contributed by atoms with van der Waals surface area (Å²) in [5, 5.41) is 2.64. The van der Waals surface area contributed by atoms with Gasteiger partial charge in [0.15, 0.2) is 5.78 Å². The molecule has 0 saturated carbocycles. The first-order valence-electron chi connectivity index (χ1n) is 9.99. The summed E-state index contributed by atoms with van der Waals surface area (Å²) in [4.78, 5) is 24.2. The number of halogens is 3. The van der Waals surface area contributed by atoms with E-state index in [-0.39, 0.29) is 24.7 Å². The lowest BCUT2D eigenvalue weighted by Gasteiger charge is -2.28. The first kappa shape index (κ1) is 26.4. The zero-order valence-corrected chi connectivity index (χ0v) is 20.6. The van der Waals surface area contributed by atoms with E-state index in [4.69, 9.17) is 45.4 Å². The van der Waals surface area contributed by atoms with Crippen LogP contribution in [0.15, 0.2) is 11.6 Å². The summed E-state index contributed by atoms with van der Waals surface area (Å²) in [5.41, 5.74) is -0.0731. The topological polar surface area (TPSA) is 92.6 Å². The molecule has 11 heteroatoms. The van der Waals surface area contributed by atoms with Crippen LogP contribution in [0.2, 0.25) is 0 Å². The van der Waals surface area contributed by atoms with Crippen molar-refractivity contribution in [1.82, 2.24) is 9.62 Å². The number of unbranched alkanes of at least 4 members (excludes halogenated alkanes) is 2. The number of Topliss-reactive ketones (excluding diaryl/α,β-unsaturated/α-hetero) is 1. The van der Waals surface area contributed by atoms with E-state index < -0.39 is 38.1 Å². The average Bonchev–Trinajstić information content (AvgIpc) is 3.37. The highest BCUT2D eigenvalue weighted by molar-refractivity contribution is 7.84. The van der Waals surface area contributed by atoms with Crippen LogP contribution in [0.5, 0.6) is 0 Å². The predicted octanol–water partition coefficient (Wildman–Crippen LogP) is 3.30. The van der Waals surface area contributed by atoms with Gasteiger partial charge in [0.25, 0.3) is 0 Å². The molecular formula is C20H27Cl3N2O5S. The van der Waals surface area contributed by atoms with Gasteiger partial charge in [-0.05, 0) is 44.6 Å². The highest BCUT2D eigenvalue weighted by Crippen LogP contribution is 2.48. The van der Waals surface area contributed by atoms with Crippen molar-refractivity contribution in [1.29, 1.82) is 0 Å². The molecule has 0 aromatic carbocycles. The Morgan fingerprint density at radius 2 is 2.13 bits per heavy atom. The van der Waals surface area contributed by atoms with E-state index in [9.17, 15) is 18.0 Å². The number of rotatable bonds is 10. The minimum absolute atomic E-state index is 0.000671. The minimum Gasteiger partial charge on any atom is -0.356 e. The molecule has 31 heavy (non-hydrogen) atoms. The van der Waals surface area contributed by atoms with Crippen molar-refractivity contribution in [3.63, 3.8) is 0 Å². The first-order chi connectivity index (χ1) is 14.3. The summed E-state index contributed by atoms with van der Waals surface area (Å²) in [5.74, 6) is 1.84. The molecule has 4 atom stereocenters. The van der Waals surface area contributed by atoms with Gasteiger partial charge in [-0.15, -0.1) is 12.3 Å². The van der Waals surface area contributed by atoms with E-state index in [1.165, 1.54) is 0 Å². The Morgan fingerprint density at radius 3 is 2.71 bits per heavy atom. The highest BCUT2D eigenvalue weighted by atomic mass is 35.6.